The Morgan fingerprint density at radius 1 is 0.906 bits per heavy atom. The molecule has 0 spiro atoms. The van der Waals surface area contributed by atoms with Gasteiger partial charge in [0.15, 0.2) is 0 Å². The van der Waals surface area contributed by atoms with E-state index in [0.29, 0.717) is 39.3 Å². The topological polar surface area (TPSA) is 64.0 Å². The molecular weight excluding hydrogens is 406 g/mol. The van der Waals surface area contributed by atoms with Gasteiger partial charge in [0.05, 0.1) is 26.3 Å². The van der Waals surface area contributed by atoms with Gasteiger partial charge in [-0.2, -0.15) is 0 Å². The molecule has 0 aliphatic rings. The molecule has 1 aromatic heterocycles. The first-order valence-corrected chi connectivity index (χ1v) is 11.2. The highest BCUT2D eigenvalue weighted by Gasteiger charge is 2.22. The van der Waals surface area contributed by atoms with E-state index in [1.54, 1.807) is 24.0 Å². The zero-order chi connectivity index (χ0) is 23.3. The molecule has 2 rings (SSSR count). The highest BCUT2D eigenvalue weighted by molar-refractivity contribution is 5.85. The summed E-state index contributed by atoms with van der Waals surface area (Å²) in [6, 6.07) is 14.3. The van der Waals surface area contributed by atoms with Crippen molar-refractivity contribution in [3.05, 3.63) is 59.9 Å². The molecule has 2 aromatic rings. The molecule has 32 heavy (non-hydrogen) atoms. The Labute approximate surface area is 191 Å². The molecular formula is C25H37N3O4. The fourth-order valence-electron chi connectivity index (χ4n) is 3.45. The lowest BCUT2D eigenvalue weighted by Crippen LogP contribution is -2.45. The second-order valence-electron chi connectivity index (χ2n) is 8.33. The van der Waals surface area contributed by atoms with E-state index in [0.717, 1.165) is 12.2 Å². The standard InChI is InChI=1S/C25H37N3O4/c1-21(2)17-24(29)28(14-16-32-4)20-25(30)27(13-15-31-3)19-23-11-8-12-26(23)18-22-9-6-5-7-10-22/h5-12,21H,13-20H2,1-4H3. The van der Waals surface area contributed by atoms with E-state index in [4.69, 9.17) is 9.47 Å². The monoisotopic (exact) mass is 443 g/mol. The predicted octanol–water partition coefficient (Wildman–Crippen LogP) is 3.03. The van der Waals surface area contributed by atoms with Crippen molar-refractivity contribution in [2.45, 2.75) is 33.4 Å². The molecule has 0 fully saturated rings. The second kappa shape index (κ2) is 13.7. The maximum absolute atomic E-state index is 13.2. The summed E-state index contributed by atoms with van der Waals surface area (Å²) in [5.41, 5.74) is 2.24. The normalized spacial score (nSPS) is 11.0. The Balaban J connectivity index is 2.12. The van der Waals surface area contributed by atoms with Crippen molar-refractivity contribution in [2.75, 3.05) is 47.1 Å². The number of aromatic nitrogens is 1. The molecule has 1 heterocycles. The van der Waals surface area contributed by atoms with Gasteiger partial charge in [0.1, 0.15) is 0 Å². The Morgan fingerprint density at radius 2 is 1.56 bits per heavy atom. The van der Waals surface area contributed by atoms with Gasteiger partial charge in [-0.15, -0.1) is 0 Å². The molecule has 176 valence electrons. The second-order valence-corrected chi connectivity index (χ2v) is 8.33. The average Bonchev–Trinajstić information content (AvgIpc) is 3.20. The molecule has 7 nitrogen and oxygen atoms in total. The summed E-state index contributed by atoms with van der Waals surface area (Å²) < 4.78 is 12.5. The van der Waals surface area contributed by atoms with Gasteiger partial charge in [0.2, 0.25) is 11.8 Å². The lowest BCUT2D eigenvalue weighted by atomic mass is 10.1. The number of hydrogen-bond donors (Lipinski definition) is 0. The maximum atomic E-state index is 13.2. The van der Waals surface area contributed by atoms with Crippen molar-refractivity contribution in [1.82, 2.24) is 14.4 Å². The summed E-state index contributed by atoms with van der Waals surface area (Å²) in [6.07, 6.45) is 2.44. The van der Waals surface area contributed by atoms with Gasteiger partial charge < -0.3 is 23.8 Å². The Hall–Kier alpha value is -2.64. The number of carbonyl (C=O) groups is 2. The van der Waals surface area contributed by atoms with Gasteiger partial charge in [-0.3, -0.25) is 9.59 Å². The molecule has 1 aromatic carbocycles. The number of carbonyl (C=O) groups excluding carboxylic acids is 2. The third-order valence-corrected chi connectivity index (χ3v) is 5.22. The van der Waals surface area contributed by atoms with Crippen LogP contribution in [-0.4, -0.2) is 73.2 Å². The molecule has 0 N–H and O–H groups in total. The number of hydrogen-bond acceptors (Lipinski definition) is 4. The van der Waals surface area contributed by atoms with Gasteiger partial charge in [0, 0.05) is 52.2 Å². The number of rotatable bonds is 14. The van der Waals surface area contributed by atoms with Crippen molar-refractivity contribution in [3.63, 3.8) is 0 Å². The van der Waals surface area contributed by atoms with Gasteiger partial charge >= 0.3 is 0 Å². The first-order valence-electron chi connectivity index (χ1n) is 11.2. The van der Waals surface area contributed by atoms with Crippen molar-refractivity contribution in [3.8, 4) is 0 Å². The van der Waals surface area contributed by atoms with Crippen molar-refractivity contribution < 1.29 is 19.1 Å². The van der Waals surface area contributed by atoms with Crippen LogP contribution in [-0.2, 0) is 32.2 Å². The molecule has 2 amide bonds. The average molecular weight is 444 g/mol. The van der Waals surface area contributed by atoms with Crippen molar-refractivity contribution >= 4 is 11.8 Å². The van der Waals surface area contributed by atoms with E-state index in [2.05, 4.69) is 16.7 Å². The third kappa shape index (κ3) is 8.48. The van der Waals surface area contributed by atoms with Crippen LogP contribution in [0.3, 0.4) is 0 Å². The smallest absolute Gasteiger partial charge is 0.242 e. The van der Waals surface area contributed by atoms with Crippen LogP contribution in [0, 0.1) is 5.92 Å². The molecule has 0 aliphatic carbocycles. The Morgan fingerprint density at radius 3 is 2.19 bits per heavy atom. The van der Waals surface area contributed by atoms with E-state index < -0.39 is 0 Å². The first kappa shape index (κ1) is 25.6. The van der Waals surface area contributed by atoms with Gasteiger partial charge in [-0.05, 0) is 23.6 Å². The quantitative estimate of drug-likeness (QED) is 0.450. The predicted molar refractivity (Wildman–Crippen MR) is 125 cm³/mol. The fraction of sp³-hybridized carbons (Fsp3) is 0.520. The van der Waals surface area contributed by atoms with Crippen molar-refractivity contribution in [2.24, 2.45) is 5.92 Å². The summed E-state index contributed by atoms with van der Waals surface area (Å²) in [4.78, 5) is 29.3. The minimum Gasteiger partial charge on any atom is -0.383 e. The first-order chi connectivity index (χ1) is 15.4. The molecule has 0 saturated carbocycles. The van der Waals surface area contributed by atoms with Crippen LogP contribution < -0.4 is 0 Å². The van der Waals surface area contributed by atoms with E-state index >= 15 is 0 Å². The minimum atomic E-state index is -0.0947. The maximum Gasteiger partial charge on any atom is 0.242 e. The molecule has 7 heteroatoms. The summed E-state index contributed by atoms with van der Waals surface area (Å²) >= 11 is 0. The van der Waals surface area contributed by atoms with Crippen molar-refractivity contribution in [1.29, 1.82) is 0 Å². The van der Waals surface area contributed by atoms with Crippen LogP contribution in [0.4, 0.5) is 0 Å². The molecule has 0 saturated heterocycles. The highest BCUT2D eigenvalue weighted by atomic mass is 16.5. The number of benzene rings is 1. The molecule has 0 unspecified atom stereocenters. The molecule has 0 bridgehead atoms. The van der Waals surface area contributed by atoms with E-state index in [1.165, 1.54) is 5.56 Å². The zero-order valence-corrected chi connectivity index (χ0v) is 19.8. The number of ether oxygens (including phenoxy) is 2. The summed E-state index contributed by atoms with van der Waals surface area (Å²) in [5, 5.41) is 0. The van der Waals surface area contributed by atoms with E-state index in [1.807, 2.05) is 50.4 Å². The van der Waals surface area contributed by atoms with Crippen LogP contribution in [0.5, 0.6) is 0 Å². The van der Waals surface area contributed by atoms with Gasteiger partial charge in [-0.25, -0.2) is 0 Å². The fourth-order valence-corrected chi connectivity index (χ4v) is 3.45. The molecule has 0 aliphatic heterocycles. The van der Waals surface area contributed by atoms with E-state index in [-0.39, 0.29) is 24.3 Å². The summed E-state index contributed by atoms with van der Waals surface area (Å²) in [6.45, 7) is 6.93. The number of amides is 2. The van der Waals surface area contributed by atoms with Crippen LogP contribution in [0.15, 0.2) is 48.7 Å². The minimum absolute atomic E-state index is 0.0236. The largest absolute Gasteiger partial charge is 0.383 e. The Kier molecular flexibility index (Phi) is 11.0. The number of methoxy groups -OCH3 is 2. The van der Waals surface area contributed by atoms with Gasteiger partial charge in [0.25, 0.3) is 0 Å². The highest BCUT2D eigenvalue weighted by Crippen LogP contribution is 2.12. The summed E-state index contributed by atoms with van der Waals surface area (Å²) in [5.74, 6) is 0.112. The Bertz CT molecular complexity index is 820. The van der Waals surface area contributed by atoms with Crippen LogP contribution >= 0.6 is 0 Å². The zero-order valence-electron chi connectivity index (χ0n) is 19.8. The molecule has 0 radical (unpaired) electrons. The van der Waals surface area contributed by atoms with Crippen LogP contribution in [0.1, 0.15) is 31.5 Å². The lowest BCUT2D eigenvalue weighted by molar-refractivity contribution is -0.142. The SMILES string of the molecule is COCCN(CC(=O)N(CCOC)Cc1cccn1Cc1ccccc1)C(=O)CC(C)C. The van der Waals surface area contributed by atoms with Crippen LogP contribution in [0.25, 0.3) is 0 Å². The summed E-state index contributed by atoms with van der Waals surface area (Å²) in [7, 11) is 3.22. The van der Waals surface area contributed by atoms with Gasteiger partial charge in [-0.1, -0.05) is 44.2 Å². The third-order valence-electron chi connectivity index (χ3n) is 5.22. The molecule has 0 atom stereocenters. The van der Waals surface area contributed by atoms with E-state index in [9.17, 15) is 9.59 Å². The van der Waals surface area contributed by atoms with Crippen LogP contribution in [0.2, 0.25) is 0 Å². The number of nitrogens with zero attached hydrogens (tertiary/aromatic N) is 3. The lowest BCUT2D eigenvalue weighted by Gasteiger charge is -2.28.